The van der Waals surface area contributed by atoms with E-state index in [4.69, 9.17) is 0 Å². The Labute approximate surface area is 98.9 Å². The maximum atomic E-state index is 2.55. The first-order valence-electron chi connectivity index (χ1n) is 6.23. The van der Waals surface area contributed by atoms with Gasteiger partial charge in [0.05, 0.1) is 0 Å². The lowest BCUT2D eigenvalue weighted by Gasteiger charge is -2.38. The Morgan fingerprint density at radius 2 is 1.62 bits per heavy atom. The number of hydrogen-bond acceptors (Lipinski definition) is 2. The maximum absolute atomic E-state index is 2.55. The fraction of sp³-hybridized carbons (Fsp3) is 0.571. The highest BCUT2D eigenvalue weighted by Crippen LogP contribution is 2.21. The molecule has 0 N–H and O–H groups in total. The van der Waals surface area contributed by atoms with E-state index in [-0.39, 0.29) is 0 Å². The van der Waals surface area contributed by atoms with Gasteiger partial charge in [-0.05, 0) is 32.4 Å². The second kappa shape index (κ2) is 4.88. The zero-order chi connectivity index (χ0) is 11.5. The standard InChI is InChI=1S/C14H22N2/c1-12(2)15-8-10-16(11-9-15)14-7-5-4-6-13(14)3/h4-7,12H,8-11H2,1-3H3. The van der Waals surface area contributed by atoms with Gasteiger partial charge in [-0.1, -0.05) is 18.2 Å². The van der Waals surface area contributed by atoms with Gasteiger partial charge in [-0.2, -0.15) is 0 Å². The Hall–Kier alpha value is -1.02. The molecule has 1 aliphatic heterocycles. The normalized spacial score (nSPS) is 18.1. The van der Waals surface area contributed by atoms with Gasteiger partial charge in [0.1, 0.15) is 0 Å². The molecule has 88 valence electrons. The molecule has 0 aromatic heterocycles. The topological polar surface area (TPSA) is 6.48 Å². The number of rotatable bonds is 2. The average molecular weight is 218 g/mol. The molecule has 0 bridgehead atoms. The lowest BCUT2D eigenvalue weighted by molar-refractivity contribution is 0.209. The molecule has 0 radical (unpaired) electrons. The molecule has 1 saturated heterocycles. The second-order valence-electron chi connectivity index (χ2n) is 4.90. The molecule has 2 rings (SSSR count). The van der Waals surface area contributed by atoms with Gasteiger partial charge in [0.15, 0.2) is 0 Å². The number of nitrogens with zero attached hydrogens (tertiary/aromatic N) is 2. The molecule has 0 saturated carbocycles. The molecule has 2 nitrogen and oxygen atoms in total. The van der Waals surface area contributed by atoms with Crippen molar-refractivity contribution in [2.45, 2.75) is 26.8 Å². The van der Waals surface area contributed by atoms with E-state index in [1.165, 1.54) is 24.3 Å². The molecule has 1 fully saturated rings. The van der Waals surface area contributed by atoms with Crippen LogP contribution in [0.15, 0.2) is 24.3 Å². The van der Waals surface area contributed by atoms with E-state index in [2.05, 4.69) is 54.8 Å². The lowest BCUT2D eigenvalue weighted by Crippen LogP contribution is -2.49. The molecule has 1 heterocycles. The minimum atomic E-state index is 0.680. The molecule has 2 heteroatoms. The van der Waals surface area contributed by atoms with Crippen LogP contribution in [0.1, 0.15) is 19.4 Å². The van der Waals surface area contributed by atoms with Gasteiger partial charge in [-0.25, -0.2) is 0 Å². The van der Waals surface area contributed by atoms with Crippen LogP contribution in [-0.4, -0.2) is 37.1 Å². The summed E-state index contributed by atoms with van der Waals surface area (Å²) in [5.74, 6) is 0. The predicted molar refractivity (Wildman–Crippen MR) is 70.1 cm³/mol. The van der Waals surface area contributed by atoms with Gasteiger partial charge in [0.2, 0.25) is 0 Å². The first-order chi connectivity index (χ1) is 7.68. The molecule has 16 heavy (non-hydrogen) atoms. The number of aryl methyl sites for hydroxylation is 1. The van der Waals surface area contributed by atoms with Gasteiger partial charge >= 0.3 is 0 Å². The molecule has 0 aliphatic carbocycles. The third-order valence-electron chi connectivity index (χ3n) is 3.50. The van der Waals surface area contributed by atoms with Crippen molar-refractivity contribution < 1.29 is 0 Å². The van der Waals surface area contributed by atoms with E-state index in [1.807, 2.05) is 0 Å². The average Bonchev–Trinajstić information content (AvgIpc) is 2.30. The van der Waals surface area contributed by atoms with Gasteiger partial charge < -0.3 is 4.90 Å². The van der Waals surface area contributed by atoms with Crippen LogP contribution >= 0.6 is 0 Å². The zero-order valence-electron chi connectivity index (χ0n) is 10.6. The summed E-state index contributed by atoms with van der Waals surface area (Å²) in [7, 11) is 0. The van der Waals surface area contributed by atoms with Crippen LogP contribution in [0.25, 0.3) is 0 Å². The maximum Gasteiger partial charge on any atom is 0.0396 e. The number of anilines is 1. The molecule has 0 spiro atoms. The molecule has 1 aliphatic rings. The van der Waals surface area contributed by atoms with E-state index in [0.29, 0.717) is 6.04 Å². The van der Waals surface area contributed by atoms with Crippen molar-refractivity contribution in [2.75, 3.05) is 31.1 Å². The van der Waals surface area contributed by atoms with Crippen molar-refractivity contribution in [1.82, 2.24) is 4.90 Å². The summed E-state index contributed by atoms with van der Waals surface area (Å²) in [6.07, 6.45) is 0. The van der Waals surface area contributed by atoms with Crippen molar-refractivity contribution >= 4 is 5.69 Å². The van der Waals surface area contributed by atoms with Crippen LogP contribution in [0.3, 0.4) is 0 Å². The monoisotopic (exact) mass is 218 g/mol. The molecule has 0 amide bonds. The van der Waals surface area contributed by atoms with E-state index < -0.39 is 0 Å². The largest absolute Gasteiger partial charge is 0.369 e. The van der Waals surface area contributed by atoms with E-state index in [9.17, 15) is 0 Å². The van der Waals surface area contributed by atoms with E-state index >= 15 is 0 Å². The van der Waals surface area contributed by atoms with Crippen LogP contribution < -0.4 is 4.90 Å². The minimum Gasteiger partial charge on any atom is -0.369 e. The summed E-state index contributed by atoms with van der Waals surface area (Å²) < 4.78 is 0. The molecular formula is C14H22N2. The van der Waals surface area contributed by atoms with Gasteiger partial charge in [-0.15, -0.1) is 0 Å². The summed E-state index contributed by atoms with van der Waals surface area (Å²) in [5.41, 5.74) is 2.80. The Balaban J connectivity index is 2.02. The van der Waals surface area contributed by atoms with Crippen molar-refractivity contribution in [3.63, 3.8) is 0 Å². The Morgan fingerprint density at radius 3 is 2.19 bits per heavy atom. The zero-order valence-corrected chi connectivity index (χ0v) is 10.6. The number of piperazine rings is 1. The number of para-hydroxylation sites is 1. The van der Waals surface area contributed by atoms with Crippen LogP contribution in [0, 0.1) is 6.92 Å². The lowest BCUT2D eigenvalue weighted by atomic mass is 10.1. The van der Waals surface area contributed by atoms with Crippen molar-refractivity contribution in [2.24, 2.45) is 0 Å². The Bertz CT molecular complexity index is 338. The summed E-state index contributed by atoms with van der Waals surface area (Å²) in [4.78, 5) is 5.06. The molecule has 0 atom stereocenters. The number of benzene rings is 1. The predicted octanol–water partition coefficient (Wildman–Crippen LogP) is 2.53. The molecular weight excluding hydrogens is 196 g/mol. The quantitative estimate of drug-likeness (QED) is 0.752. The smallest absolute Gasteiger partial charge is 0.0396 e. The third-order valence-corrected chi connectivity index (χ3v) is 3.50. The third kappa shape index (κ3) is 2.38. The van der Waals surface area contributed by atoms with E-state index in [1.54, 1.807) is 0 Å². The van der Waals surface area contributed by atoms with Crippen LogP contribution in [0.5, 0.6) is 0 Å². The van der Waals surface area contributed by atoms with Gasteiger partial charge in [0, 0.05) is 37.9 Å². The fourth-order valence-corrected chi connectivity index (χ4v) is 2.40. The van der Waals surface area contributed by atoms with Crippen molar-refractivity contribution in [3.8, 4) is 0 Å². The highest BCUT2D eigenvalue weighted by atomic mass is 15.3. The minimum absolute atomic E-state index is 0.680. The van der Waals surface area contributed by atoms with Crippen LogP contribution in [-0.2, 0) is 0 Å². The van der Waals surface area contributed by atoms with Crippen LogP contribution in [0.4, 0.5) is 5.69 Å². The van der Waals surface area contributed by atoms with E-state index in [0.717, 1.165) is 13.1 Å². The highest BCUT2D eigenvalue weighted by molar-refractivity contribution is 5.53. The summed E-state index contributed by atoms with van der Waals surface area (Å²) in [6.45, 7) is 11.4. The first kappa shape index (κ1) is 11.5. The Kier molecular flexibility index (Phi) is 3.49. The summed E-state index contributed by atoms with van der Waals surface area (Å²) in [5, 5.41) is 0. The number of hydrogen-bond donors (Lipinski definition) is 0. The molecule has 1 aromatic carbocycles. The highest BCUT2D eigenvalue weighted by Gasteiger charge is 2.19. The molecule has 0 unspecified atom stereocenters. The van der Waals surface area contributed by atoms with Gasteiger partial charge in [0.25, 0.3) is 0 Å². The summed E-state index contributed by atoms with van der Waals surface area (Å²) in [6, 6.07) is 9.37. The Morgan fingerprint density at radius 1 is 1.00 bits per heavy atom. The fourth-order valence-electron chi connectivity index (χ4n) is 2.40. The van der Waals surface area contributed by atoms with Crippen molar-refractivity contribution in [3.05, 3.63) is 29.8 Å². The van der Waals surface area contributed by atoms with Crippen LogP contribution in [0.2, 0.25) is 0 Å². The SMILES string of the molecule is Cc1ccccc1N1CCN(C(C)C)CC1. The second-order valence-corrected chi connectivity index (χ2v) is 4.90. The molecule has 1 aromatic rings. The van der Waals surface area contributed by atoms with Crippen molar-refractivity contribution in [1.29, 1.82) is 0 Å². The summed E-state index contributed by atoms with van der Waals surface area (Å²) >= 11 is 0. The first-order valence-corrected chi connectivity index (χ1v) is 6.23. The van der Waals surface area contributed by atoms with Gasteiger partial charge in [-0.3, -0.25) is 4.90 Å².